The maximum absolute atomic E-state index is 11.6. The van der Waals surface area contributed by atoms with E-state index in [2.05, 4.69) is 19.5 Å². The van der Waals surface area contributed by atoms with Gasteiger partial charge in [0, 0.05) is 7.05 Å². The Morgan fingerprint density at radius 2 is 2.06 bits per heavy atom. The Balaban J connectivity index is 2.08. The lowest BCUT2D eigenvalue weighted by Crippen LogP contribution is -2.02. The average Bonchev–Trinajstić information content (AvgIpc) is 2.76. The Bertz CT molecular complexity index is 649. The second-order valence-electron chi connectivity index (χ2n) is 3.35. The van der Waals surface area contributed by atoms with Crippen LogP contribution in [0.25, 0.3) is 0 Å². The first-order valence-electron chi connectivity index (χ1n) is 4.96. The van der Waals surface area contributed by atoms with Crippen LogP contribution < -0.4 is 0 Å². The van der Waals surface area contributed by atoms with Crippen molar-refractivity contribution in [3.05, 3.63) is 42.5 Å². The molecule has 0 atom stereocenters. The lowest BCUT2D eigenvalue weighted by Gasteiger charge is -1.99. The van der Waals surface area contributed by atoms with Crippen molar-refractivity contribution < 1.29 is 12.7 Å². The summed E-state index contributed by atoms with van der Waals surface area (Å²) in [6, 6.07) is 7.74. The number of aryl methyl sites for hydroxylation is 1. The van der Waals surface area contributed by atoms with Crippen molar-refractivity contribution in [2.75, 3.05) is 0 Å². The molecule has 0 radical (unpaired) electrons. The number of hydrogen-bond acceptors (Lipinski definition) is 6. The quantitative estimate of drug-likeness (QED) is 0.596. The summed E-state index contributed by atoms with van der Waals surface area (Å²) in [4.78, 5) is 3.87. The van der Waals surface area contributed by atoms with Crippen molar-refractivity contribution in [2.45, 2.75) is 4.90 Å². The highest BCUT2D eigenvalue weighted by molar-refractivity contribution is 7.86. The van der Waals surface area contributed by atoms with Gasteiger partial charge in [0.1, 0.15) is 17.4 Å². The maximum atomic E-state index is 11.6. The molecule has 0 N–H and O–H groups in total. The van der Waals surface area contributed by atoms with E-state index in [9.17, 15) is 8.42 Å². The Labute approximate surface area is 104 Å². The van der Waals surface area contributed by atoms with Gasteiger partial charge in [0.05, 0.1) is 0 Å². The molecule has 0 fully saturated rings. The highest BCUT2D eigenvalue weighted by Gasteiger charge is 2.14. The fourth-order valence-corrected chi connectivity index (χ4v) is 1.90. The summed E-state index contributed by atoms with van der Waals surface area (Å²) < 4.78 is 29.2. The zero-order chi connectivity index (χ0) is 13.0. The number of nitrogens with zero attached hydrogens (tertiary/aromatic N) is 4. The predicted molar refractivity (Wildman–Crippen MR) is 63.3 cm³/mol. The van der Waals surface area contributed by atoms with Crippen LogP contribution in [0.5, 0.6) is 0 Å². The Morgan fingerprint density at radius 1 is 1.33 bits per heavy atom. The summed E-state index contributed by atoms with van der Waals surface area (Å²) in [5.74, 6) is 0.265. The van der Waals surface area contributed by atoms with Gasteiger partial charge in [0.2, 0.25) is 0 Å². The van der Waals surface area contributed by atoms with Crippen molar-refractivity contribution >= 4 is 16.3 Å². The van der Waals surface area contributed by atoms with Gasteiger partial charge >= 0.3 is 10.1 Å². The number of rotatable bonds is 4. The third kappa shape index (κ3) is 2.92. The van der Waals surface area contributed by atoms with Gasteiger partial charge in [-0.25, -0.2) is 4.98 Å². The topological polar surface area (TPSA) is 86.4 Å². The fraction of sp³-hybridized carbons (Fsp3) is 0.100. The van der Waals surface area contributed by atoms with Crippen LogP contribution >= 0.6 is 0 Å². The van der Waals surface area contributed by atoms with E-state index in [-0.39, 0.29) is 10.7 Å². The number of oxime groups is 1. The van der Waals surface area contributed by atoms with Crippen molar-refractivity contribution in [1.29, 1.82) is 0 Å². The van der Waals surface area contributed by atoms with Crippen molar-refractivity contribution in [1.82, 2.24) is 14.8 Å². The van der Waals surface area contributed by atoms with E-state index in [1.165, 1.54) is 23.1 Å². The van der Waals surface area contributed by atoms with Crippen molar-refractivity contribution in [2.24, 2.45) is 12.2 Å². The Hall–Kier alpha value is -2.22. The van der Waals surface area contributed by atoms with E-state index in [0.717, 1.165) is 6.21 Å². The molecule has 1 aromatic carbocycles. The van der Waals surface area contributed by atoms with Crippen LogP contribution in [0.15, 0.2) is 46.7 Å². The van der Waals surface area contributed by atoms with Crippen LogP contribution in [0.1, 0.15) is 5.82 Å². The molecule has 7 nitrogen and oxygen atoms in total. The summed E-state index contributed by atoms with van der Waals surface area (Å²) >= 11 is 0. The molecule has 0 aliphatic heterocycles. The fourth-order valence-electron chi connectivity index (χ4n) is 1.17. The minimum Gasteiger partial charge on any atom is -0.265 e. The van der Waals surface area contributed by atoms with E-state index in [4.69, 9.17) is 0 Å². The van der Waals surface area contributed by atoms with Gasteiger partial charge in [0.15, 0.2) is 5.82 Å². The Kier molecular flexibility index (Phi) is 3.38. The molecule has 0 unspecified atom stereocenters. The Morgan fingerprint density at radius 3 is 2.67 bits per heavy atom. The zero-order valence-electron chi connectivity index (χ0n) is 9.46. The van der Waals surface area contributed by atoms with Crippen LogP contribution in [0.2, 0.25) is 0 Å². The molecule has 94 valence electrons. The molecule has 0 aliphatic carbocycles. The van der Waals surface area contributed by atoms with Gasteiger partial charge in [-0.05, 0) is 12.1 Å². The second kappa shape index (κ2) is 4.96. The average molecular weight is 266 g/mol. The molecule has 1 heterocycles. The summed E-state index contributed by atoms with van der Waals surface area (Å²) in [6.45, 7) is 0. The third-order valence-electron chi connectivity index (χ3n) is 1.96. The van der Waals surface area contributed by atoms with Gasteiger partial charge in [-0.2, -0.15) is 13.5 Å². The molecule has 18 heavy (non-hydrogen) atoms. The molecular weight excluding hydrogens is 256 g/mol. The lowest BCUT2D eigenvalue weighted by atomic mass is 10.4. The zero-order valence-corrected chi connectivity index (χ0v) is 10.3. The minimum atomic E-state index is -3.88. The van der Waals surface area contributed by atoms with E-state index < -0.39 is 10.1 Å². The molecule has 8 heteroatoms. The van der Waals surface area contributed by atoms with E-state index in [1.54, 1.807) is 25.2 Å². The highest BCUT2D eigenvalue weighted by Crippen LogP contribution is 2.11. The van der Waals surface area contributed by atoms with E-state index in [0.29, 0.717) is 0 Å². The van der Waals surface area contributed by atoms with Crippen LogP contribution in [0.3, 0.4) is 0 Å². The van der Waals surface area contributed by atoms with Gasteiger partial charge in [0.25, 0.3) is 0 Å². The summed E-state index contributed by atoms with van der Waals surface area (Å²) in [6.07, 6.45) is 2.59. The molecule has 0 saturated heterocycles. The largest absolute Gasteiger partial charge is 0.358 e. The first kappa shape index (κ1) is 12.2. The predicted octanol–water partition coefficient (Wildman–Crippen LogP) is 0.555. The monoisotopic (exact) mass is 266 g/mol. The first-order chi connectivity index (χ1) is 8.58. The normalized spacial score (nSPS) is 11.8. The summed E-state index contributed by atoms with van der Waals surface area (Å²) in [7, 11) is -2.20. The van der Waals surface area contributed by atoms with Gasteiger partial charge in [-0.3, -0.25) is 8.97 Å². The first-order valence-corrected chi connectivity index (χ1v) is 6.36. The molecule has 2 aromatic rings. The molecule has 0 spiro atoms. The summed E-state index contributed by atoms with van der Waals surface area (Å²) in [5.41, 5.74) is 0. The third-order valence-corrected chi connectivity index (χ3v) is 3.09. The molecule has 0 aliphatic rings. The number of hydrogen-bond donors (Lipinski definition) is 0. The molecule has 0 saturated carbocycles. The van der Waals surface area contributed by atoms with E-state index >= 15 is 0 Å². The maximum Gasteiger partial charge on any atom is 0.358 e. The minimum absolute atomic E-state index is 0.0381. The van der Waals surface area contributed by atoms with Crippen LogP contribution in [0, 0.1) is 0 Å². The highest BCUT2D eigenvalue weighted by atomic mass is 32.2. The number of aromatic nitrogens is 3. The van der Waals surface area contributed by atoms with Crippen molar-refractivity contribution in [3.63, 3.8) is 0 Å². The summed E-state index contributed by atoms with van der Waals surface area (Å²) in [5, 5.41) is 7.24. The van der Waals surface area contributed by atoms with Gasteiger partial charge in [-0.15, -0.1) is 0 Å². The lowest BCUT2D eigenvalue weighted by molar-refractivity contribution is 0.341. The standard InChI is InChI=1S/C10H10N4O3S/c1-14-8-11-10(13-14)7-12-17-18(15,16)9-5-3-2-4-6-9/h2-8H,1H3. The number of benzene rings is 1. The van der Waals surface area contributed by atoms with Crippen LogP contribution in [-0.4, -0.2) is 29.4 Å². The van der Waals surface area contributed by atoms with Gasteiger partial charge in [-0.1, -0.05) is 23.4 Å². The smallest absolute Gasteiger partial charge is 0.265 e. The molecule has 0 bridgehead atoms. The SMILES string of the molecule is Cn1cnc(C=NOS(=O)(=O)c2ccccc2)n1. The van der Waals surface area contributed by atoms with E-state index in [1.807, 2.05) is 0 Å². The molecule has 0 amide bonds. The van der Waals surface area contributed by atoms with Gasteiger partial charge < -0.3 is 0 Å². The second-order valence-corrected chi connectivity index (χ2v) is 4.88. The molecule has 1 aromatic heterocycles. The molecular formula is C10H10N4O3S. The molecule has 2 rings (SSSR count). The van der Waals surface area contributed by atoms with Crippen LogP contribution in [-0.2, 0) is 21.4 Å². The van der Waals surface area contributed by atoms with Crippen LogP contribution in [0.4, 0.5) is 0 Å². The van der Waals surface area contributed by atoms with Crippen molar-refractivity contribution in [3.8, 4) is 0 Å².